The Morgan fingerprint density at radius 2 is 2.18 bits per heavy atom. The van der Waals surface area contributed by atoms with E-state index in [0.717, 1.165) is 0 Å². The van der Waals surface area contributed by atoms with E-state index in [-0.39, 0.29) is 17.1 Å². The van der Waals surface area contributed by atoms with Crippen LogP contribution in [0.2, 0.25) is 0 Å². The number of hydrogen-bond acceptors (Lipinski definition) is 5. The maximum absolute atomic E-state index is 13.6. The second-order valence-electron chi connectivity index (χ2n) is 4.60. The summed E-state index contributed by atoms with van der Waals surface area (Å²) in [6, 6.07) is 6.02. The Morgan fingerprint density at radius 3 is 2.95 bits per heavy atom. The summed E-state index contributed by atoms with van der Waals surface area (Å²) in [4.78, 5) is 20.4. The minimum Gasteiger partial charge on any atom is -0.481 e. The summed E-state index contributed by atoms with van der Waals surface area (Å²) in [5, 5.41) is 2.93. The van der Waals surface area contributed by atoms with Crippen molar-refractivity contribution in [1.82, 2.24) is 9.97 Å². The Hall–Kier alpha value is -2.96. The number of methoxy groups -OCH3 is 1. The molecule has 1 amide bonds. The van der Waals surface area contributed by atoms with Crippen LogP contribution in [0.4, 0.5) is 10.3 Å². The molecule has 2 aromatic heterocycles. The molecular weight excluding hydrogens is 289 g/mol. The van der Waals surface area contributed by atoms with Crippen molar-refractivity contribution in [2.45, 2.75) is 6.92 Å². The van der Waals surface area contributed by atoms with E-state index in [1.165, 1.54) is 25.5 Å². The zero-order chi connectivity index (χ0) is 15.7. The molecule has 3 rings (SSSR count). The normalized spacial score (nSPS) is 10.7. The highest BCUT2D eigenvalue weighted by Crippen LogP contribution is 2.24. The van der Waals surface area contributed by atoms with Crippen LogP contribution in [0.3, 0.4) is 0 Å². The molecule has 0 unspecified atom stereocenters. The van der Waals surface area contributed by atoms with Crippen LogP contribution in [0.15, 0.2) is 34.9 Å². The van der Waals surface area contributed by atoms with Crippen LogP contribution in [0.25, 0.3) is 11.0 Å². The molecule has 0 saturated carbocycles. The van der Waals surface area contributed by atoms with Crippen molar-refractivity contribution in [3.05, 3.63) is 47.6 Å². The number of para-hydroxylation sites is 1. The molecule has 0 spiro atoms. The molecule has 0 aliphatic rings. The number of anilines is 1. The number of aromatic nitrogens is 2. The third-order valence-electron chi connectivity index (χ3n) is 3.06. The number of nitrogens with zero attached hydrogens (tertiary/aromatic N) is 2. The van der Waals surface area contributed by atoms with Crippen LogP contribution in [-0.2, 0) is 0 Å². The number of benzene rings is 1. The van der Waals surface area contributed by atoms with E-state index in [2.05, 4.69) is 15.3 Å². The topological polar surface area (TPSA) is 77.2 Å². The van der Waals surface area contributed by atoms with Gasteiger partial charge in [-0.1, -0.05) is 12.1 Å². The first-order valence-corrected chi connectivity index (χ1v) is 6.45. The van der Waals surface area contributed by atoms with Crippen molar-refractivity contribution in [2.24, 2.45) is 0 Å². The predicted molar refractivity (Wildman–Crippen MR) is 77.4 cm³/mol. The number of amides is 1. The number of nitrogens with one attached hydrogen (secondary N) is 1. The molecule has 6 nitrogen and oxygen atoms in total. The quantitative estimate of drug-likeness (QED) is 0.804. The number of carbonyl (C=O) groups is 1. The third-order valence-corrected chi connectivity index (χ3v) is 3.06. The van der Waals surface area contributed by atoms with Gasteiger partial charge in [-0.25, -0.2) is 9.37 Å². The molecule has 0 radical (unpaired) electrons. The molecule has 1 N–H and O–H groups in total. The minimum absolute atomic E-state index is 0.0374. The van der Waals surface area contributed by atoms with E-state index in [1.807, 2.05) is 0 Å². The predicted octanol–water partition coefficient (Wildman–Crippen LogP) is 2.93. The summed E-state index contributed by atoms with van der Waals surface area (Å²) >= 11 is 0. The standard InChI is InChI=1S/C15H12FN3O3/c1-8-6-12(21-2)18-15(17-8)19-14(20)10-7-22-13-9(10)4-3-5-11(13)16/h3-7H,1-2H3,(H,17,18,19,20). The molecule has 0 aliphatic carbocycles. The molecule has 0 saturated heterocycles. The number of furan rings is 1. The lowest BCUT2D eigenvalue weighted by Gasteiger charge is -2.05. The van der Waals surface area contributed by atoms with E-state index in [9.17, 15) is 9.18 Å². The molecular formula is C15H12FN3O3. The first-order chi connectivity index (χ1) is 10.6. The number of halogens is 1. The first-order valence-electron chi connectivity index (χ1n) is 6.45. The zero-order valence-electron chi connectivity index (χ0n) is 11.9. The number of carbonyl (C=O) groups excluding carboxylic acids is 1. The van der Waals surface area contributed by atoms with Crippen molar-refractivity contribution in [3.8, 4) is 5.88 Å². The maximum atomic E-state index is 13.6. The average molecular weight is 301 g/mol. The van der Waals surface area contributed by atoms with Gasteiger partial charge in [0.1, 0.15) is 6.26 Å². The van der Waals surface area contributed by atoms with Crippen LogP contribution < -0.4 is 10.1 Å². The van der Waals surface area contributed by atoms with Gasteiger partial charge in [0.05, 0.1) is 12.7 Å². The van der Waals surface area contributed by atoms with E-state index >= 15 is 0 Å². The Labute approximate surface area is 124 Å². The molecule has 0 atom stereocenters. The van der Waals surface area contributed by atoms with Gasteiger partial charge in [0, 0.05) is 17.1 Å². The summed E-state index contributed by atoms with van der Waals surface area (Å²) in [6.45, 7) is 1.75. The fourth-order valence-electron chi connectivity index (χ4n) is 2.07. The van der Waals surface area contributed by atoms with Gasteiger partial charge in [0.2, 0.25) is 11.8 Å². The van der Waals surface area contributed by atoms with Crippen molar-refractivity contribution >= 4 is 22.8 Å². The van der Waals surface area contributed by atoms with Crippen LogP contribution in [-0.4, -0.2) is 23.0 Å². The van der Waals surface area contributed by atoms with E-state index < -0.39 is 11.7 Å². The molecule has 7 heteroatoms. The Kier molecular flexibility index (Phi) is 3.46. The van der Waals surface area contributed by atoms with Crippen molar-refractivity contribution in [3.63, 3.8) is 0 Å². The van der Waals surface area contributed by atoms with Gasteiger partial charge >= 0.3 is 0 Å². The van der Waals surface area contributed by atoms with Gasteiger partial charge in [-0.15, -0.1) is 0 Å². The lowest BCUT2D eigenvalue weighted by Crippen LogP contribution is -2.14. The Balaban J connectivity index is 1.94. The molecule has 3 aromatic rings. The van der Waals surface area contributed by atoms with Gasteiger partial charge < -0.3 is 9.15 Å². The van der Waals surface area contributed by atoms with Crippen molar-refractivity contribution < 1.29 is 18.3 Å². The average Bonchev–Trinajstić information content (AvgIpc) is 2.92. The first kappa shape index (κ1) is 14.0. The smallest absolute Gasteiger partial charge is 0.261 e. The molecule has 0 fully saturated rings. The van der Waals surface area contributed by atoms with Gasteiger partial charge in [0.15, 0.2) is 11.4 Å². The van der Waals surface area contributed by atoms with Crippen LogP contribution in [0.5, 0.6) is 5.88 Å². The minimum atomic E-state index is -0.523. The van der Waals surface area contributed by atoms with E-state index in [1.54, 1.807) is 19.1 Å². The second-order valence-corrected chi connectivity index (χ2v) is 4.60. The van der Waals surface area contributed by atoms with Crippen LogP contribution in [0, 0.1) is 12.7 Å². The SMILES string of the molecule is COc1cc(C)nc(NC(=O)c2coc3c(F)cccc23)n1. The van der Waals surface area contributed by atoms with E-state index in [4.69, 9.17) is 9.15 Å². The Bertz CT molecular complexity index is 860. The molecule has 22 heavy (non-hydrogen) atoms. The molecule has 2 heterocycles. The fourth-order valence-corrected chi connectivity index (χ4v) is 2.07. The van der Waals surface area contributed by atoms with E-state index in [0.29, 0.717) is 17.0 Å². The van der Waals surface area contributed by atoms with Crippen molar-refractivity contribution in [1.29, 1.82) is 0 Å². The lowest BCUT2D eigenvalue weighted by atomic mass is 10.1. The molecule has 0 aliphatic heterocycles. The molecule has 1 aromatic carbocycles. The lowest BCUT2D eigenvalue weighted by molar-refractivity contribution is 0.102. The molecule has 0 bridgehead atoms. The monoisotopic (exact) mass is 301 g/mol. The van der Waals surface area contributed by atoms with Crippen LogP contribution in [0.1, 0.15) is 16.1 Å². The second kappa shape index (κ2) is 5.44. The highest BCUT2D eigenvalue weighted by atomic mass is 19.1. The van der Waals surface area contributed by atoms with Crippen molar-refractivity contribution in [2.75, 3.05) is 12.4 Å². The fraction of sp³-hybridized carbons (Fsp3) is 0.133. The summed E-state index contributed by atoms with van der Waals surface area (Å²) in [6.07, 6.45) is 1.20. The van der Waals surface area contributed by atoms with Gasteiger partial charge in [-0.05, 0) is 13.0 Å². The summed E-state index contributed by atoms with van der Waals surface area (Å²) in [5.41, 5.74) is 0.888. The number of rotatable bonds is 3. The van der Waals surface area contributed by atoms with Gasteiger partial charge in [-0.2, -0.15) is 4.98 Å². The number of fused-ring (bicyclic) bond motifs is 1. The number of ether oxygens (including phenoxy) is 1. The van der Waals surface area contributed by atoms with Gasteiger partial charge in [-0.3, -0.25) is 10.1 Å². The number of hydrogen-bond donors (Lipinski definition) is 1. The Morgan fingerprint density at radius 1 is 1.36 bits per heavy atom. The highest BCUT2D eigenvalue weighted by molar-refractivity contribution is 6.11. The summed E-state index contributed by atoms with van der Waals surface area (Å²) in [7, 11) is 1.47. The maximum Gasteiger partial charge on any atom is 0.261 e. The highest BCUT2D eigenvalue weighted by Gasteiger charge is 2.17. The summed E-state index contributed by atoms with van der Waals surface area (Å²) in [5.74, 6) is -0.569. The molecule has 112 valence electrons. The van der Waals surface area contributed by atoms with Gasteiger partial charge in [0.25, 0.3) is 5.91 Å². The number of aryl methyl sites for hydroxylation is 1. The zero-order valence-corrected chi connectivity index (χ0v) is 11.9. The largest absolute Gasteiger partial charge is 0.481 e. The summed E-state index contributed by atoms with van der Waals surface area (Å²) < 4.78 is 23.7. The van der Waals surface area contributed by atoms with Crippen LogP contribution >= 0.6 is 0 Å². The third kappa shape index (κ3) is 2.48.